The van der Waals surface area contributed by atoms with Crippen molar-refractivity contribution in [1.29, 1.82) is 0 Å². The van der Waals surface area contributed by atoms with Crippen LogP contribution in [0.4, 0.5) is 17.6 Å². The summed E-state index contributed by atoms with van der Waals surface area (Å²) in [6.07, 6.45) is -2.23. The number of aliphatic imine (C=N–C) groups is 1. The highest BCUT2D eigenvalue weighted by Crippen LogP contribution is 2.42. The molecule has 3 heterocycles. The van der Waals surface area contributed by atoms with Gasteiger partial charge < -0.3 is 5.73 Å². The molecule has 0 spiro atoms. The molecule has 0 fully saturated rings. The van der Waals surface area contributed by atoms with E-state index in [1.165, 1.54) is 25.2 Å². The van der Waals surface area contributed by atoms with Crippen LogP contribution in [0.5, 0.6) is 0 Å². The van der Waals surface area contributed by atoms with Gasteiger partial charge in [0.05, 0.1) is 0 Å². The van der Waals surface area contributed by atoms with Gasteiger partial charge in [0, 0.05) is 36.3 Å². The molecule has 1 unspecified atom stereocenters. The molecule has 1 aliphatic rings. The Morgan fingerprint density at radius 3 is 2.34 bits per heavy atom. The topological polar surface area (TPSA) is 84.5 Å². The van der Waals surface area contributed by atoms with Gasteiger partial charge in [0.25, 0.3) is 5.91 Å². The van der Waals surface area contributed by atoms with Crippen molar-refractivity contribution in [1.82, 2.24) is 14.9 Å². The number of pyridine rings is 2. The number of guanidine groups is 1. The molecule has 3 aromatic rings. The van der Waals surface area contributed by atoms with Crippen LogP contribution in [0.15, 0.2) is 59.9 Å². The van der Waals surface area contributed by atoms with Crippen molar-refractivity contribution in [2.75, 3.05) is 7.05 Å². The lowest BCUT2D eigenvalue weighted by Gasteiger charge is -2.27. The van der Waals surface area contributed by atoms with Crippen LogP contribution in [0.1, 0.15) is 22.5 Å². The van der Waals surface area contributed by atoms with Crippen LogP contribution in [0.3, 0.4) is 0 Å². The molecule has 0 radical (unpaired) electrons. The summed E-state index contributed by atoms with van der Waals surface area (Å²) in [7, 11) is 1.37. The van der Waals surface area contributed by atoms with Gasteiger partial charge in [0.15, 0.2) is 11.5 Å². The summed E-state index contributed by atoms with van der Waals surface area (Å²) >= 11 is 0. The predicted molar refractivity (Wildman–Crippen MR) is 109 cm³/mol. The molecule has 0 bridgehead atoms. The average molecular weight is 443 g/mol. The van der Waals surface area contributed by atoms with Crippen LogP contribution in [-0.4, -0.2) is 33.8 Å². The number of carbonyl (C=O) groups is 1. The van der Waals surface area contributed by atoms with E-state index in [1.807, 2.05) is 0 Å². The second-order valence-electron chi connectivity index (χ2n) is 7.30. The molecule has 0 aliphatic carbocycles. The molecule has 1 atom stereocenters. The third kappa shape index (κ3) is 3.28. The van der Waals surface area contributed by atoms with Crippen molar-refractivity contribution in [2.45, 2.75) is 18.6 Å². The molecule has 1 aliphatic heterocycles. The molecule has 164 valence electrons. The van der Waals surface area contributed by atoms with Crippen LogP contribution in [0.25, 0.3) is 11.1 Å². The first kappa shape index (κ1) is 21.4. The number of amides is 1. The molecule has 6 nitrogen and oxygen atoms in total. The van der Waals surface area contributed by atoms with E-state index in [0.29, 0.717) is 11.3 Å². The first-order chi connectivity index (χ1) is 15.1. The second kappa shape index (κ2) is 7.40. The predicted octanol–water partition coefficient (Wildman–Crippen LogP) is 3.64. The Kier molecular flexibility index (Phi) is 4.95. The van der Waals surface area contributed by atoms with Gasteiger partial charge >= 0.3 is 6.18 Å². The number of aromatic nitrogens is 2. The van der Waals surface area contributed by atoms with Crippen LogP contribution in [0, 0.1) is 12.7 Å². The molecule has 2 aromatic heterocycles. The van der Waals surface area contributed by atoms with E-state index in [4.69, 9.17) is 5.73 Å². The highest BCUT2D eigenvalue weighted by Gasteiger charge is 2.50. The summed E-state index contributed by atoms with van der Waals surface area (Å²) in [6, 6.07) is 9.15. The maximum atomic E-state index is 14.8. The van der Waals surface area contributed by atoms with Gasteiger partial charge in [0.2, 0.25) is 0 Å². The van der Waals surface area contributed by atoms with E-state index in [-0.39, 0.29) is 22.6 Å². The van der Waals surface area contributed by atoms with E-state index in [9.17, 15) is 22.4 Å². The number of benzene rings is 1. The average Bonchev–Trinajstić information content (AvgIpc) is 2.99. The van der Waals surface area contributed by atoms with E-state index < -0.39 is 29.1 Å². The molecule has 10 heteroatoms. The molecule has 1 amide bonds. The lowest BCUT2D eigenvalue weighted by atomic mass is 9.81. The Labute approximate surface area is 180 Å². The number of likely N-dealkylation sites (N-methyl/N-ethyl adjacent to an activating group) is 1. The zero-order valence-electron chi connectivity index (χ0n) is 17.0. The number of alkyl halides is 3. The van der Waals surface area contributed by atoms with Crippen molar-refractivity contribution in [3.63, 3.8) is 0 Å². The Balaban J connectivity index is 2.00. The minimum absolute atomic E-state index is 0.0856. The number of aryl methyl sites for hydroxylation is 1. The first-order valence-corrected chi connectivity index (χ1v) is 9.45. The van der Waals surface area contributed by atoms with Crippen LogP contribution in [-0.2, 0) is 16.5 Å². The van der Waals surface area contributed by atoms with Crippen LogP contribution in [0.2, 0.25) is 0 Å². The summed E-state index contributed by atoms with van der Waals surface area (Å²) in [6.45, 7) is 1.69. The highest BCUT2D eigenvalue weighted by atomic mass is 19.4. The minimum Gasteiger partial charge on any atom is -0.369 e. The fourth-order valence-electron chi connectivity index (χ4n) is 3.72. The Bertz CT molecular complexity index is 1260. The summed E-state index contributed by atoms with van der Waals surface area (Å²) < 4.78 is 54.8. The number of nitrogens with zero attached hydrogens (tertiary/aromatic N) is 4. The molecule has 32 heavy (non-hydrogen) atoms. The number of halogens is 4. The van der Waals surface area contributed by atoms with Crippen molar-refractivity contribution >= 4 is 11.9 Å². The Morgan fingerprint density at radius 1 is 1.00 bits per heavy atom. The molecular weight excluding hydrogens is 426 g/mol. The quantitative estimate of drug-likeness (QED) is 0.627. The zero-order chi connectivity index (χ0) is 23.3. The van der Waals surface area contributed by atoms with Crippen molar-refractivity contribution in [3.05, 3.63) is 83.2 Å². The van der Waals surface area contributed by atoms with E-state index in [2.05, 4.69) is 15.0 Å². The third-order valence-corrected chi connectivity index (χ3v) is 5.39. The van der Waals surface area contributed by atoms with E-state index >= 15 is 0 Å². The lowest BCUT2D eigenvalue weighted by molar-refractivity contribution is -0.141. The maximum absolute atomic E-state index is 14.8. The molecule has 4 rings (SSSR count). The summed E-state index contributed by atoms with van der Waals surface area (Å²) in [5, 5.41) is 0. The van der Waals surface area contributed by atoms with Gasteiger partial charge in [-0.2, -0.15) is 13.2 Å². The van der Waals surface area contributed by atoms with E-state index in [0.717, 1.165) is 23.2 Å². The normalized spacial score (nSPS) is 18.8. The number of hydrogen-bond acceptors (Lipinski definition) is 5. The lowest BCUT2D eigenvalue weighted by Crippen LogP contribution is -2.41. The summed E-state index contributed by atoms with van der Waals surface area (Å²) in [5.41, 5.74) is 3.99. The highest BCUT2D eigenvalue weighted by molar-refractivity contribution is 6.09. The van der Waals surface area contributed by atoms with Gasteiger partial charge in [-0.05, 0) is 48.4 Å². The monoisotopic (exact) mass is 443 g/mol. The van der Waals surface area contributed by atoms with Gasteiger partial charge in [-0.15, -0.1) is 0 Å². The maximum Gasteiger partial charge on any atom is 0.433 e. The number of rotatable bonds is 3. The smallest absolute Gasteiger partial charge is 0.369 e. The standard InChI is InChI=1S/C22H17F4N5O/c1-12-15(4-3-8-28-12)16-10-13(5-6-17(16)23)21(19(32)31(2)20(27)30-21)14-7-9-29-18(11-14)22(24,25)26/h3-11H,1-2H3,(H2,27,30). The third-order valence-electron chi connectivity index (χ3n) is 5.39. The fourth-order valence-corrected chi connectivity index (χ4v) is 3.72. The minimum atomic E-state index is -4.74. The summed E-state index contributed by atoms with van der Waals surface area (Å²) in [4.78, 5) is 26.2. The Hall–Kier alpha value is -3.82. The van der Waals surface area contributed by atoms with Gasteiger partial charge in [-0.3, -0.25) is 19.7 Å². The van der Waals surface area contributed by atoms with Gasteiger partial charge in [-0.1, -0.05) is 12.1 Å². The van der Waals surface area contributed by atoms with Crippen molar-refractivity contribution < 1.29 is 22.4 Å². The van der Waals surface area contributed by atoms with E-state index in [1.54, 1.807) is 25.3 Å². The number of nitrogens with two attached hydrogens (primary N) is 1. The molecule has 0 saturated heterocycles. The SMILES string of the molecule is Cc1ncccc1-c1cc(C2(c3ccnc(C(F)(F)F)c3)N=C(N)N(C)C2=O)ccc1F. The number of hydrogen-bond donors (Lipinski definition) is 1. The van der Waals surface area contributed by atoms with Crippen LogP contribution >= 0.6 is 0 Å². The fraction of sp³-hybridized carbons (Fsp3) is 0.182. The van der Waals surface area contributed by atoms with Gasteiger partial charge in [-0.25, -0.2) is 9.38 Å². The summed E-state index contributed by atoms with van der Waals surface area (Å²) in [5.74, 6) is -1.43. The molecule has 1 aromatic carbocycles. The second-order valence-corrected chi connectivity index (χ2v) is 7.30. The first-order valence-electron chi connectivity index (χ1n) is 9.45. The number of carbonyl (C=O) groups excluding carboxylic acids is 1. The van der Waals surface area contributed by atoms with Gasteiger partial charge in [0.1, 0.15) is 11.5 Å². The molecule has 2 N–H and O–H groups in total. The van der Waals surface area contributed by atoms with Crippen molar-refractivity contribution in [3.8, 4) is 11.1 Å². The largest absolute Gasteiger partial charge is 0.433 e. The molecule has 0 saturated carbocycles. The zero-order valence-corrected chi connectivity index (χ0v) is 17.0. The van der Waals surface area contributed by atoms with Crippen molar-refractivity contribution in [2.24, 2.45) is 10.7 Å². The Morgan fingerprint density at radius 2 is 1.72 bits per heavy atom. The van der Waals surface area contributed by atoms with Crippen LogP contribution < -0.4 is 5.73 Å². The molecular formula is C22H17F4N5O.